The fourth-order valence-corrected chi connectivity index (χ4v) is 3.46. The molecule has 2 aliphatic heterocycles. The molecule has 3 aromatic rings. The van der Waals surface area contributed by atoms with Crippen LogP contribution in [0.2, 0.25) is 0 Å². The number of benzene rings is 1. The molecule has 2 aliphatic rings. The van der Waals surface area contributed by atoms with Gasteiger partial charge in [-0.05, 0) is 24.3 Å². The van der Waals surface area contributed by atoms with Crippen LogP contribution in [0.25, 0.3) is 11.4 Å². The van der Waals surface area contributed by atoms with Crippen LogP contribution in [0.1, 0.15) is 11.7 Å². The summed E-state index contributed by atoms with van der Waals surface area (Å²) in [7, 11) is 0. The van der Waals surface area contributed by atoms with E-state index in [1.54, 1.807) is 6.20 Å². The van der Waals surface area contributed by atoms with E-state index in [0.717, 1.165) is 17.0 Å². The van der Waals surface area contributed by atoms with Crippen LogP contribution in [0.15, 0.2) is 36.5 Å². The molecule has 0 spiro atoms. The zero-order valence-corrected chi connectivity index (χ0v) is 16.2. The van der Waals surface area contributed by atoms with Crippen molar-refractivity contribution in [2.24, 2.45) is 5.73 Å². The van der Waals surface area contributed by atoms with Crippen molar-refractivity contribution in [2.75, 3.05) is 38.4 Å². The van der Waals surface area contributed by atoms with Gasteiger partial charge in [-0.25, -0.2) is 0 Å². The Balaban J connectivity index is 1.37. The van der Waals surface area contributed by atoms with Crippen LogP contribution in [0, 0.1) is 0 Å². The van der Waals surface area contributed by atoms with Crippen molar-refractivity contribution in [3.63, 3.8) is 0 Å². The molecule has 2 aromatic heterocycles. The van der Waals surface area contributed by atoms with Crippen LogP contribution in [-0.2, 0) is 9.47 Å². The third-order valence-electron chi connectivity index (χ3n) is 4.94. The van der Waals surface area contributed by atoms with Crippen LogP contribution >= 0.6 is 0 Å². The molecule has 10 heteroatoms. The second-order valence-electron chi connectivity index (χ2n) is 6.94. The quantitative estimate of drug-likeness (QED) is 0.576. The van der Waals surface area contributed by atoms with Gasteiger partial charge in [0.1, 0.15) is 19.3 Å². The van der Waals surface area contributed by atoms with Crippen molar-refractivity contribution >= 4 is 11.6 Å². The molecule has 2 atom stereocenters. The van der Waals surface area contributed by atoms with Crippen LogP contribution in [0.4, 0.5) is 11.6 Å². The van der Waals surface area contributed by atoms with Crippen molar-refractivity contribution in [2.45, 2.75) is 12.1 Å². The zero-order valence-electron chi connectivity index (χ0n) is 16.2. The van der Waals surface area contributed by atoms with Crippen molar-refractivity contribution in [1.82, 2.24) is 20.2 Å². The molecule has 4 heterocycles. The lowest BCUT2D eigenvalue weighted by Gasteiger charge is -2.28. The highest BCUT2D eigenvalue weighted by atomic mass is 16.6. The lowest BCUT2D eigenvalue weighted by molar-refractivity contribution is -0.0979. The van der Waals surface area contributed by atoms with Gasteiger partial charge in [0.2, 0.25) is 5.95 Å². The second-order valence-corrected chi connectivity index (χ2v) is 6.94. The summed E-state index contributed by atoms with van der Waals surface area (Å²) < 4.78 is 22.4. The molecule has 10 nitrogen and oxygen atoms in total. The normalized spacial score (nSPS) is 19.3. The van der Waals surface area contributed by atoms with Gasteiger partial charge in [0.25, 0.3) is 0 Å². The Kier molecular flexibility index (Phi) is 5.18. The molecule has 156 valence electrons. The van der Waals surface area contributed by atoms with Crippen LogP contribution in [0.3, 0.4) is 0 Å². The first-order valence-electron chi connectivity index (χ1n) is 9.77. The zero-order chi connectivity index (χ0) is 20.3. The molecule has 0 saturated carbocycles. The van der Waals surface area contributed by atoms with Crippen LogP contribution in [-0.4, -0.2) is 59.3 Å². The lowest BCUT2D eigenvalue weighted by Crippen LogP contribution is -2.38. The number of fused-ring (bicyclic) bond motifs is 1. The number of nitrogens with zero attached hydrogens (tertiary/aromatic N) is 3. The third-order valence-corrected chi connectivity index (χ3v) is 4.94. The van der Waals surface area contributed by atoms with Gasteiger partial charge in [-0.15, -0.1) is 5.10 Å². The van der Waals surface area contributed by atoms with E-state index in [2.05, 4.69) is 25.5 Å². The third kappa shape index (κ3) is 3.80. The standard InChI is InChI=1S/C20H22N6O4/c21-17(16-11-27-6-7-30-16)18-13(2-1-5-22-18)19-24-20(26-25-19)23-12-3-4-14-15(10-12)29-9-8-28-14/h1-5,10,16-17H,6-9,11,21H2,(H2,23,24,25,26). The number of nitrogens with two attached hydrogens (primary N) is 1. The molecule has 5 rings (SSSR count). The number of anilines is 2. The molecule has 0 bridgehead atoms. The summed E-state index contributed by atoms with van der Waals surface area (Å²) >= 11 is 0. The number of H-pyrrole nitrogens is 1. The van der Waals surface area contributed by atoms with Gasteiger partial charge in [0.05, 0.1) is 31.6 Å². The van der Waals surface area contributed by atoms with Crippen LogP contribution < -0.4 is 20.5 Å². The maximum absolute atomic E-state index is 6.43. The second kappa shape index (κ2) is 8.27. The van der Waals surface area contributed by atoms with E-state index in [0.29, 0.717) is 56.3 Å². The minimum atomic E-state index is -0.444. The Morgan fingerprint density at radius 2 is 2.00 bits per heavy atom. The fourth-order valence-electron chi connectivity index (χ4n) is 3.46. The van der Waals surface area contributed by atoms with E-state index < -0.39 is 6.04 Å². The molecule has 0 amide bonds. The first kappa shape index (κ1) is 18.8. The highest BCUT2D eigenvalue weighted by molar-refractivity contribution is 5.63. The largest absolute Gasteiger partial charge is 0.486 e. The SMILES string of the molecule is NC(c1ncccc1-c1nc(Nc2ccc3c(c2)OCCO3)n[nH]1)C1COCCO1. The monoisotopic (exact) mass is 410 g/mol. The first-order chi connectivity index (χ1) is 14.8. The van der Waals surface area contributed by atoms with Crippen molar-refractivity contribution < 1.29 is 18.9 Å². The Hall–Kier alpha value is -3.21. The van der Waals surface area contributed by atoms with E-state index in [4.69, 9.17) is 24.7 Å². The predicted octanol–water partition coefficient (Wildman–Crippen LogP) is 1.80. The summed E-state index contributed by atoms with van der Waals surface area (Å²) in [6, 6.07) is 8.89. The Labute approximate surface area is 172 Å². The Morgan fingerprint density at radius 1 is 1.10 bits per heavy atom. The molecule has 1 saturated heterocycles. The van der Waals surface area contributed by atoms with E-state index in [-0.39, 0.29) is 6.10 Å². The summed E-state index contributed by atoms with van der Waals surface area (Å²) in [6.45, 7) is 2.62. The van der Waals surface area contributed by atoms with Gasteiger partial charge < -0.3 is 30.0 Å². The summed E-state index contributed by atoms with van der Waals surface area (Å²) in [4.78, 5) is 9.03. The molecule has 0 radical (unpaired) electrons. The van der Waals surface area contributed by atoms with E-state index in [9.17, 15) is 0 Å². The molecule has 2 unspecified atom stereocenters. The van der Waals surface area contributed by atoms with E-state index >= 15 is 0 Å². The topological polar surface area (TPSA) is 129 Å². The van der Waals surface area contributed by atoms with Crippen molar-refractivity contribution in [3.8, 4) is 22.9 Å². The maximum Gasteiger partial charge on any atom is 0.246 e. The molecular weight excluding hydrogens is 388 g/mol. The highest BCUT2D eigenvalue weighted by Gasteiger charge is 2.27. The van der Waals surface area contributed by atoms with Gasteiger partial charge in [-0.1, -0.05) is 0 Å². The lowest BCUT2D eigenvalue weighted by atomic mass is 10.0. The summed E-state index contributed by atoms with van der Waals surface area (Å²) in [5.41, 5.74) is 8.67. The smallest absolute Gasteiger partial charge is 0.246 e. The Morgan fingerprint density at radius 3 is 2.87 bits per heavy atom. The van der Waals surface area contributed by atoms with E-state index in [1.807, 2.05) is 30.3 Å². The van der Waals surface area contributed by atoms with Gasteiger partial charge >= 0.3 is 0 Å². The van der Waals surface area contributed by atoms with Crippen molar-refractivity contribution in [3.05, 3.63) is 42.2 Å². The van der Waals surface area contributed by atoms with Crippen LogP contribution in [0.5, 0.6) is 11.5 Å². The predicted molar refractivity (Wildman–Crippen MR) is 108 cm³/mol. The number of ether oxygens (including phenoxy) is 4. The number of aromatic nitrogens is 4. The molecular formula is C20H22N6O4. The van der Waals surface area contributed by atoms with Gasteiger partial charge in [-0.2, -0.15) is 4.98 Å². The van der Waals surface area contributed by atoms with Gasteiger partial charge in [0, 0.05) is 23.5 Å². The molecule has 30 heavy (non-hydrogen) atoms. The number of rotatable bonds is 5. The molecule has 0 aliphatic carbocycles. The number of aromatic amines is 1. The van der Waals surface area contributed by atoms with Gasteiger partial charge in [-0.3, -0.25) is 10.1 Å². The van der Waals surface area contributed by atoms with Crippen molar-refractivity contribution in [1.29, 1.82) is 0 Å². The minimum absolute atomic E-state index is 0.259. The number of pyridine rings is 1. The maximum atomic E-state index is 6.43. The van der Waals surface area contributed by atoms with Gasteiger partial charge in [0.15, 0.2) is 17.3 Å². The number of nitrogens with one attached hydrogen (secondary N) is 2. The molecule has 1 aromatic carbocycles. The number of hydrogen-bond acceptors (Lipinski definition) is 9. The minimum Gasteiger partial charge on any atom is -0.486 e. The summed E-state index contributed by atoms with van der Waals surface area (Å²) in [5.74, 6) is 2.40. The average molecular weight is 410 g/mol. The Bertz CT molecular complexity index is 1020. The summed E-state index contributed by atoms with van der Waals surface area (Å²) in [5, 5.41) is 10.4. The molecule has 1 fully saturated rings. The molecule has 4 N–H and O–H groups in total. The number of hydrogen-bond donors (Lipinski definition) is 3. The average Bonchev–Trinajstić information content (AvgIpc) is 3.27. The fraction of sp³-hybridized carbons (Fsp3) is 0.350. The van der Waals surface area contributed by atoms with E-state index in [1.165, 1.54) is 0 Å². The summed E-state index contributed by atoms with van der Waals surface area (Å²) in [6.07, 6.45) is 1.44. The highest BCUT2D eigenvalue weighted by Crippen LogP contribution is 2.33. The first-order valence-corrected chi connectivity index (χ1v) is 9.77.